The van der Waals surface area contributed by atoms with Gasteiger partial charge in [-0.3, -0.25) is 9.59 Å². The van der Waals surface area contributed by atoms with Crippen LogP contribution in [-0.4, -0.2) is 65.5 Å². The summed E-state index contributed by atoms with van der Waals surface area (Å²) >= 11 is 0. The Morgan fingerprint density at radius 3 is 2.85 bits per heavy atom. The summed E-state index contributed by atoms with van der Waals surface area (Å²) in [5.41, 5.74) is 2.56. The quantitative estimate of drug-likeness (QED) is 0.231. The molecule has 11 heteroatoms. The van der Waals surface area contributed by atoms with Gasteiger partial charge in [0.15, 0.2) is 5.78 Å². The zero-order valence-electron chi connectivity index (χ0n) is 14.8. The first-order valence-electron chi connectivity index (χ1n) is 8.30. The minimum atomic E-state index is -0.534. The van der Waals surface area contributed by atoms with Crippen LogP contribution in [0.15, 0.2) is 12.4 Å². The molecule has 0 aromatic carbocycles. The second-order valence-electron chi connectivity index (χ2n) is 5.48. The number of aryl methyl sites for hydroxylation is 1. The van der Waals surface area contributed by atoms with Gasteiger partial charge in [-0.15, -0.1) is 0 Å². The molecule has 11 nitrogen and oxygen atoms in total. The van der Waals surface area contributed by atoms with E-state index >= 15 is 0 Å². The topological polar surface area (TPSA) is 138 Å². The standard InChI is InChI=1S/C15H25N5O6/c1-13(21)11-16-5-10-26-18-12-14(22)3-9-25-8-2-6-19-7-4-17-15(19)20(23)24/h4,7,16,18H,2-3,5-6,8-12H2,1H3. The summed E-state index contributed by atoms with van der Waals surface area (Å²) < 4.78 is 6.80. The van der Waals surface area contributed by atoms with Crippen molar-refractivity contribution in [3.63, 3.8) is 0 Å². The normalized spacial score (nSPS) is 10.8. The van der Waals surface area contributed by atoms with Crippen molar-refractivity contribution >= 4 is 17.5 Å². The van der Waals surface area contributed by atoms with E-state index in [1.807, 2.05) is 0 Å². The third-order valence-electron chi connectivity index (χ3n) is 3.20. The maximum atomic E-state index is 11.6. The summed E-state index contributed by atoms with van der Waals surface area (Å²) in [6.07, 6.45) is 3.76. The summed E-state index contributed by atoms with van der Waals surface area (Å²) in [7, 11) is 0. The number of nitrogens with one attached hydrogen (secondary N) is 2. The third kappa shape index (κ3) is 9.93. The lowest BCUT2D eigenvalue weighted by atomic mass is 10.3. The average molecular weight is 371 g/mol. The fraction of sp³-hybridized carbons (Fsp3) is 0.667. The van der Waals surface area contributed by atoms with E-state index in [0.717, 1.165) is 0 Å². The van der Waals surface area contributed by atoms with E-state index in [2.05, 4.69) is 15.8 Å². The van der Waals surface area contributed by atoms with Crippen LogP contribution in [0.25, 0.3) is 0 Å². The van der Waals surface area contributed by atoms with Crippen molar-refractivity contribution in [2.24, 2.45) is 0 Å². The highest BCUT2D eigenvalue weighted by Gasteiger charge is 2.12. The molecule has 0 radical (unpaired) electrons. The summed E-state index contributed by atoms with van der Waals surface area (Å²) in [5, 5.41) is 13.6. The monoisotopic (exact) mass is 371 g/mol. The number of ketones is 2. The van der Waals surface area contributed by atoms with Crippen molar-refractivity contribution in [3.05, 3.63) is 22.5 Å². The second kappa shape index (κ2) is 13.1. The maximum Gasteiger partial charge on any atom is 0.434 e. The van der Waals surface area contributed by atoms with E-state index in [9.17, 15) is 19.7 Å². The highest BCUT2D eigenvalue weighted by molar-refractivity contribution is 5.80. The van der Waals surface area contributed by atoms with Gasteiger partial charge in [-0.2, -0.15) is 5.48 Å². The largest absolute Gasteiger partial charge is 0.434 e. The minimum absolute atomic E-state index is 0.0491. The van der Waals surface area contributed by atoms with Crippen molar-refractivity contribution in [2.45, 2.75) is 26.3 Å². The lowest BCUT2D eigenvalue weighted by Gasteiger charge is -2.07. The van der Waals surface area contributed by atoms with Crippen LogP contribution in [0.4, 0.5) is 5.95 Å². The fourth-order valence-corrected chi connectivity index (χ4v) is 1.95. The van der Waals surface area contributed by atoms with Gasteiger partial charge >= 0.3 is 5.95 Å². The van der Waals surface area contributed by atoms with E-state index in [0.29, 0.717) is 39.3 Å². The molecule has 2 N–H and O–H groups in total. The Kier molecular flexibility index (Phi) is 11.0. The number of aromatic nitrogens is 2. The number of carbonyl (C=O) groups excluding carboxylic acids is 2. The van der Waals surface area contributed by atoms with Crippen molar-refractivity contribution in [2.75, 3.05) is 39.5 Å². The van der Waals surface area contributed by atoms with E-state index in [1.165, 1.54) is 17.7 Å². The van der Waals surface area contributed by atoms with Crippen LogP contribution >= 0.6 is 0 Å². The first-order chi connectivity index (χ1) is 12.5. The maximum absolute atomic E-state index is 11.6. The van der Waals surface area contributed by atoms with Crippen molar-refractivity contribution in [1.82, 2.24) is 20.3 Å². The SMILES string of the molecule is CC(=O)CNCCONCC(=O)CCOCCCn1ccnc1[N+](=O)[O-]. The van der Waals surface area contributed by atoms with Gasteiger partial charge in [0, 0.05) is 26.0 Å². The molecule has 0 fully saturated rings. The number of rotatable bonds is 16. The molecule has 1 rings (SSSR count). The molecular formula is C15H25N5O6. The Labute approximate surface area is 151 Å². The van der Waals surface area contributed by atoms with E-state index in [4.69, 9.17) is 9.57 Å². The van der Waals surface area contributed by atoms with Gasteiger partial charge < -0.3 is 25.0 Å². The molecule has 146 valence electrons. The number of carbonyl (C=O) groups is 2. The molecule has 1 heterocycles. The summed E-state index contributed by atoms with van der Waals surface area (Å²) in [5.74, 6) is -0.189. The van der Waals surface area contributed by atoms with Crippen LogP contribution < -0.4 is 10.8 Å². The van der Waals surface area contributed by atoms with Crippen LogP contribution in [-0.2, 0) is 25.7 Å². The summed E-state index contributed by atoms with van der Waals surface area (Å²) in [6.45, 7) is 3.84. The summed E-state index contributed by atoms with van der Waals surface area (Å²) in [4.78, 5) is 41.1. The molecule has 0 atom stereocenters. The Morgan fingerprint density at radius 1 is 1.31 bits per heavy atom. The van der Waals surface area contributed by atoms with Gasteiger partial charge in [0.1, 0.15) is 18.2 Å². The number of hydrogen-bond donors (Lipinski definition) is 2. The average Bonchev–Trinajstić information content (AvgIpc) is 3.05. The number of imidazole rings is 1. The molecule has 0 aliphatic carbocycles. The smallest absolute Gasteiger partial charge is 0.390 e. The molecule has 0 unspecified atom stereocenters. The fourth-order valence-electron chi connectivity index (χ4n) is 1.95. The predicted molar refractivity (Wildman–Crippen MR) is 91.4 cm³/mol. The highest BCUT2D eigenvalue weighted by Crippen LogP contribution is 2.07. The van der Waals surface area contributed by atoms with Crippen LogP contribution in [0.1, 0.15) is 19.8 Å². The Morgan fingerprint density at radius 2 is 2.12 bits per heavy atom. The van der Waals surface area contributed by atoms with Gasteiger partial charge in [-0.1, -0.05) is 4.98 Å². The van der Waals surface area contributed by atoms with E-state index in [1.54, 1.807) is 6.20 Å². The van der Waals surface area contributed by atoms with Crippen molar-refractivity contribution < 1.29 is 24.1 Å². The molecule has 26 heavy (non-hydrogen) atoms. The predicted octanol–water partition coefficient (Wildman–Crippen LogP) is -0.143. The molecular weight excluding hydrogens is 346 g/mol. The zero-order valence-corrected chi connectivity index (χ0v) is 14.8. The molecule has 0 saturated heterocycles. The van der Waals surface area contributed by atoms with E-state index in [-0.39, 0.29) is 37.1 Å². The van der Waals surface area contributed by atoms with Crippen LogP contribution in [0.2, 0.25) is 0 Å². The van der Waals surface area contributed by atoms with Gasteiger partial charge in [0.2, 0.25) is 0 Å². The van der Waals surface area contributed by atoms with Gasteiger partial charge in [0.25, 0.3) is 0 Å². The van der Waals surface area contributed by atoms with Gasteiger partial charge in [-0.25, -0.2) is 4.57 Å². The first kappa shape index (κ1) is 21.8. The first-order valence-corrected chi connectivity index (χ1v) is 8.30. The lowest BCUT2D eigenvalue weighted by Crippen LogP contribution is -2.30. The summed E-state index contributed by atoms with van der Waals surface area (Å²) in [6, 6.07) is 0. The second-order valence-corrected chi connectivity index (χ2v) is 5.48. The van der Waals surface area contributed by atoms with Crippen LogP contribution in [0.5, 0.6) is 0 Å². The van der Waals surface area contributed by atoms with Crippen molar-refractivity contribution in [1.29, 1.82) is 0 Å². The Bertz CT molecular complexity index is 577. The Balaban J connectivity index is 1.94. The van der Waals surface area contributed by atoms with Gasteiger partial charge in [-0.05, 0) is 11.8 Å². The molecule has 0 amide bonds. The minimum Gasteiger partial charge on any atom is -0.390 e. The number of nitro groups is 1. The van der Waals surface area contributed by atoms with Gasteiger partial charge in [0.05, 0.1) is 32.8 Å². The van der Waals surface area contributed by atoms with E-state index < -0.39 is 4.92 Å². The molecule has 0 spiro atoms. The van der Waals surface area contributed by atoms with Crippen LogP contribution in [0, 0.1) is 10.1 Å². The third-order valence-corrected chi connectivity index (χ3v) is 3.20. The molecule has 0 bridgehead atoms. The Hall–Kier alpha value is -2.21. The molecule has 0 aliphatic heterocycles. The molecule has 0 aliphatic rings. The number of Topliss-reactive ketones (excluding diaryl/α,β-unsaturated/α-hetero) is 2. The number of nitrogens with zero attached hydrogens (tertiary/aromatic N) is 3. The lowest BCUT2D eigenvalue weighted by molar-refractivity contribution is -0.396. The van der Waals surface area contributed by atoms with Crippen molar-refractivity contribution in [3.8, 4) is 0 Å². The van der Waals surface area contributed by atoms with Crippen LogP contribution in [0.3, 0.4) is 0 Å². The molecule has 1 aromatic heterocycles. The number of hydroxylamine groups is 1. The zero-order chi connectivity index (χ0) is 19.2. The number of ether oxygens (including phenoxy) is 1. The molecule has 1 aromatic rings. The number of hydrogen-bond acceptors (Lipinski definition) is 9. The highest BCUT2D eigenvalue weighted by atomic mass is 16.6. The molecule has 0 saturated carbocycles.